The SMILES string of the molecule is CC1(C)CC(=O)C2=C(C1)NC(C(=O)[O-])CS2. The number of carbonyl (C=O) groups excluding carboxylic acids is 2. The zero-order valence-corrected chi connectivity index (χ0v) is 10.1. The first kappa shape index (κ1) is 11.5. The van der Waals surface area contributed by atoms with Crippen LogP contribution in [0.1, 0.15) is 26.7 Å². The van der Waals surface area contributed by atoms with Crippen molar-refractivity contribution in [3.05, 3.63) is 10.6 Å². The lowest BCUT2D eigenvalue weighted by atomic mass is 9.78. The second kappa shape index (κ2) is 3.80. The highest BCUT2D eigenvalue weighted by molar-refractivity contribution is 8.04. The van der Waals surface area contributed by atoms with Gasteiger partial charge in [0.05, 0.1) is 16.9 Å². The molecule has 0 amide bonds. The van der Waals surface area contributed by atoms with Crippen LogP contribution in [0.15, 0.2) is 10.6 Å². The Labute approximate surface area is 98.5 Å². The fourth-order valence-corrected chi connectivity index (χ4v) is 3.23. The summed E-state index contributed by atoms with van der Waals surface area (Å²) in [4.78, 5) is 23.3. The third-order valence-corrected chi connectivity index (χ3v) is 4.11. The molecule has 1 heterocycles. The Morgan fingerprint density at radius 2 is 2.19 bits per heavy atom. The molecule has 1 aliphatic heterocycles. The largest absolute Gasteiger partial charge is 0.548 e. The summed E-state index contributed by atoms with van der Waals surface area (Å²) in [6.07, 6.45) is 1.27. The van der Waals surface area contributed by atoms with Crippen LogP contribution in [-0.2, 0) is 9.59 Å². The molecule has 2 aliphatic rings. The molecule has 0 radical (unpaired) electrons. The molecular formula is C11H14NO3S-. The molecule has 0 fully saturated rings. The van der Waals surface area contributed by atoms with Crippen molar-refractivity contribution in [2.45, 2.75) is 32.7 Å². The van der Waals surface area contributed by atoms with Gasteiger partial charge in [0, 0.05) is 17.9 Å². The Bertz CT molecular complexity index is 387. The van der Waals surface area contributed by atoms with E-state index in [0.29, 0.717) is 12.2 Å². The topological polar surface area (TPSA) is 69.2 Å². The summed E-state index contributed by atoms with van der Waals surface area (Å²) >= 11 is 1.34. The van der Waals surface area contributed by atoms with Crippen molar-refractivity contribution in [1.29, 1.82) is 0 Å². The zero-order chi connectivity index (χ0) is 11.9. The minimum absolute atomic E-state index is 0.0860. The van der Waals surface area contributed by atoms with Gasteiger partial charge in [0.1, 0.15) is 0 Å². The number of ketones is 1. The van der Waals surface area contributed by atoms with Gasteiger partial charge in [0.2, 0.25) is 0 Å². The third kappa shape index (κ3) is 2.09. The molecule has 1 unspecified atom stereocenters. The van der Waals surface area contributed by atoms with E-state index in [1.807, 2.05) is 13.8 Å². The van der Waals surface area contributed by atoms with E-state index in [0.717, 1.165) is 17.0 Å². The van der Waals surface area contributed by atoms with Crippen molar-refractivity contribution in [3.8, 4) is 0 Å². The monoisotopic (exact) mass is 240 g/mol. The summed E-state index contributed by atoms with van der Waals surface area (Å²) in [5.74, 6) is -0.608. The lowest BCUT2D eigenvalue weighted by molar-refractivity contribution is -0.307. The number of hydrogen-bond donors (Lipinski definition) is 1. The van der Waals surface area contributed by atoms with Gasteiger partial charge in [-0.3, -0.25) is 4.79 Å². The number of thioether (sulfide) groups is 1. The second-order valence-electron chi connectivity index (χ2n) is 5.08. The summed E-state index contributed by atoms with van der Waals surface area (Å²) < 4.78 is 0. The molecule has 5 heteroatoms. The van der Waals surface area contributed by atoms with E-state index in [-0.39, 0.29) is 11.2 Å². The number of allylic oxidation sites excluding steroid dienone is 2. The first-order valence-corrected chi connectivity index (χ1v) is 6.24. The van der Waals surface area contributed by atoms with Crippen LogP contribution in [0.3, 0.4) is 0 Å². The molecule has 0 aromatic heterocycles. The molecule has 1 atom stereocenters. The number of hydrogen-bond acceptors (Lipinski definition) is 5. The minimum Gasteiger partial charge on any atom is -0.548 e. The molecule has 0 aromatic rings. The summed E-state index contributed by atoms with van der Waals surface area (Å²) in [7, 11) is 0. The van der Waals surface area contributed by atoms with Crippen LogP contribution in [0.5, 0.6) is 0 Å². The van der Waals surface area contributed by atoms with Gasteiger partial charge < -0.3 is 15.2 Å². The van der Waals surface area contributed by atoms with E-state index in [4.69, 9.17) is 0 Å². The molecule has 0 spiro atoms. The summed E-state index contributed by atoms with van der Waals surface area (Å²) in [6, 6.07) is -0.676. The number of rotatable bonds is 1. The van der Waals surface area contributed by atoms with Gasteiger partial charge in [-0.15, -0.1) is 11.8 Å². The lowest BCUT2D eigenvalue weighted by Gasteiger charge is -2.37. The van der Waals surface area contributed by atoms with Crippen molar-refractivity contribution in [1.82, 2.24) is 5.32 Å². The maximum absolute atomic E-state index is 11.8. The molecule has 16 heavy (non-hydrogen) atoms. The van der Waals surface area contributed by atoms with Crippen LogP contribution in [0, 0.1) is 5.41 Å². The first-order valence-electron chi connectivity index (χ1n) is 5.25. The first-order chi connectivity index (χ1) is 7.39. The van der Waals surface area contributed by atoms with Gasteiger partial charge in [0.25, 0.3) is 0 Å². The van der Waals surface area contributed by atoms with E-state index in [1.54, 1.807) is 0 Å². The predicted molar refractivity (Wildman–Crippen MR) is 59.4 cm³/mol. The molecule has 2 rings (SSSR count). The quantitative estimate of drug-likeness (QED) is 0.701. The Hall–Kier alpha value is -0.970. The van der Waals surface area contributed by atoms with E-state index < -0.39 is 12.0 Å². The van der Waals surface area contributed by atoms with Crippen molar-refractivity contribution in [2.24, 2.45) is 5.41 Å². The van der Waals surface area contributed by atoms with Crippen LogP contribution in [0.25, 0.3) is 0 Å². The third-order valence-electron chi connectivity index (χ3n) is 2.85. The summed E-state index contributed by atoms with van der Waals surface area (Å²) in [6.45, 7) is 4.04. The minimum atomic E-state index is -1.10. The fourth-order valence-electron chi connectivity index (χ4n) is 2.13. The van der Waals surface area contributed by atoms with E-state index in [1.165, 1.54) is 11.8 Å². The Morgan fingerprint density at radius 3 is 2.81 bits per heavy atom. The fraction of sp³-hybridized carbons (Fsp3) is 0.636. The average molecular weight is 240 g/mol. The summed E-state index contributed by atoms with van der Waals surface area (Å²) in [5, 5.41) is 13.7. The maximum atomic E-state index is 11.8. The highest BCUT2D eigenvalue weighted by atomic mass is 32.2. The Morgan fingerprint density at radius 1 is 1.50 bits per heavy atom. The average Bonchev–Trinajstić information content (AvgIpc) is 2.14. The second-order valence-corrected chi connectivity index (χ2v) is 6.11. The van der Waals surface area contributed by atoms with E-state index >= 15 is 0 Å². The van der Waals surface area contributed by atoms with Crippen LogP contribution in [0.4, 0.5) is 0 Å². The lowest BCUT2D eigenvalue weighted by Crippen LogP contribution is -2.50. The smallest absolute Gasteiger partial charge is 0.171 e. The van der Waals surface area contributed by atoms with Gasteiger partial charge in [0.15, 0.2) is 5.78 Å². The number of carbonyl (C=O) groups is 2. The zero-order valence-electron chi connectivity index (χ0n) is 9.33. The highest BCUT2D eigenvalue weighted by Crippen LogP contribution is 2.41. The Balaban J connectivity index is 2.25. The summed E-state index contributed by atoms with van der Waals surface area (Å²) in [5.41, 5.74) is 0.698. The standard InChI is InChI=1S/C11H15NO3S/c1-11(2)3-6-9(8(13)4-11)16-5-7(12-6)10(14)15/h7,12H,3-5H2,1-2H3,(H,14,15)/p-1. The van der Waals surface area contributed by atoms with Crippen molar-refractivity contribution >= 4 is 23.5 Å². The van der Waals surface area contributed by atoms with Gasteiger partial charge >= 0.3 is 0 Å². The van der Waals surface area contributed by atoms with Crippen LogP contribution in [0.2, 0.25) is 0 Å². The van der Waals surface area contributed by atoms with Crippen LogP contribution in [-0.4, -0.2) is 23.5 Å². The van der Waals surface area contributed by atoms with Crippen molar-refractivity contribution in [3.63, 3.8) is 0 Å². The molecule has 1 aliphatic carbocycles. The number of carboxylic acid groups (broad SMARTS) is 1. The van der Waals surface area contributed by atoms with E-state index in [2.05, 4.69) is 5.32 Å². The molecule has 88 valence electrons. The van der Waals surface area contributed by atoms with Crippen molar-refractivity contribution in [2.75, 3.05) is 5.75 Å². The predicted octanol–water partition coefficient (Wildman–Crippen LogP) is 0.0420. The van der Waals surface area contributed by atoms with Gasteiger partial charge in [-0.2, -0.15) is 0 Å². The molecule has 1 N–H and O–H groups in total. The van der Waals surface area contributed by atoms with Crippen LogP contribution >= 0.6 is 11.8 Å². The van der Waals surface area contributed by atoms with Crippen LogP contribution < -0.4 is 10.4 Å². The normalized spacial score (nSPS) is 28.4. The van der Waals surface area contributed by atoms with E-state index in [9.17, 15) is 14.7 Å². The number of Topliss-reactive ketones (excluding diaryl/α,β-unsaturated/α-hetero) is 1. The number of aliphatic carboxylic acids is 1. The molecular weight excluding hydrogens is 226 g/mol. The van der Waals surface area contributed by atoms with Gasteiger partial charge in [-0.25, -0.2) is 0 Å². The van der Waals surface area contributed by atoms with Gasteiger partial charge in [-0.1, -0.05) is 13.8 Å². The molecule has 0 saturated heterocycles. The number of nitrogens with one attached hydrogen (secondary N) is 1. The van der Waals surface area contributed by atoms with Crippen molar-refractivity contribution < 1.29 is 14.7 Å². The Kier molecular flexibility index (Phi) is 2.74. The van der Waals surface area contributed by atoms with Gasteiger partial charge in [-0.05, 0) is 11.8 Å². The maximum Gasteiger partial charge on any atom is 0.171 e. The molecule has 0 bridgehead atoms. The molecule has 0 saturated carbocycles. The highest BCUT2D eigenvalue weighted by Gasteiger charge is 2.36. The molecule has 0 aromatic carbocycles. The number of carboxylic acids is 1. The molecule has 4 nitrogen and oxygen atoms in total.